The quantitative estimate of drug-likeness (QED) is 0.284. The maximum absolute atomic E-state index is 13.9. The van der Waals surface area contributed by atoms with Gasteiger partial charge in [-0.1, -0.05) is 18.2 Å². The second-order valence-electron chi connectivity index (χ2n) is 10.7. The molecule has 5 rings (SSSR count). The van der Waals surface area contributed by atoms with E-state index in [1.807, 2.05) is 0 Å². The van der Waals surface area contributed by atoms with Gasteiger partial charge in [0.2, 0.25) is 5.91 Å². The minimum Gasteiger partial charge on any atom is -0.505 e. The van der Waals surface area contributed by atoms with Crippen LogP contribution in [-0.2, 0) is 35.6 Å². The Labute approximate surface area is 229 Å². The third-order valence-corrected chi connectivity index (χ3v) is 9.54. The van der Waals surface area contributed by atoms with Crippen LogP contribution in [0.15, 0.2) is 41.3 Å². The highest BCUT2D eigenvalue weighted by molar-refractivity contribution is 7.92. The van der Waals surface area contributed by atoms with Crippen molar-refractivity contribution in [1.29, 1.82) is 0 Å². The monoisotopic (exact) mass is 569 g/mol. The largest absolute Gasteiger partial charge is 0.505 e. The average molecular weight is 570 g/mol. The predicted octanol–water partition coefficient (Wildman–Crippen LogP) is 0.194. The predicted molar refractivity (Wildman–Crippen MR) is 140 cm³/mol. The van der Waals surface area contributed by atoms with E-state index in [4.69, 9.17) is 5.73 Å². The fourth-order valence-corrected chi connectivity index (χ4v) is 7.37. The van der Waals surface area contributed by atoms with E-state index in [-0.39, 0.29) is 29.0 Å². The van der Waals surface area contributed by atoms with Crippen LogP contribution in [0.4, 0.5) is 11.4 Å². The van der Waals surface area contributed by atoms with Crippen molar-refractivity contribution in [1.82, 2.24) is 0 Å². The molecule has 0 aliphatic heterocycles. The lowest BCUT2D eigenvalue weighted by Gasteiger charge is -2.48. The van der Waals surface area contributed by atoms with Gasteiger partial charge in [0.1, 0.15) is 0 Å². The highest BCUT2D eigenvalue weighted by atomic mass is 32.2. The molecule has 2 fully saturated rings. The van der Waals surface area contributed by atoms with Crippen LogP contribution in [0.3, 0.4) is 0 Å². The van der Waals surface area contributed by atoms with E-state index < -0.39 is 80.5 Å². The summed E-state index contributed by atoms with van der Waals surface area (Å²) in [7, 11) is -0.859. The Hall–Kier alpha value is -4.10. The number of anilines is 2. The van der Waals surface area contributed by atoms with Gasteiger partial charge in [0.25, 0.3) is 10.0 Å². The summed E-state index contributed by atoms with van der Waals surface area (Å²) in [5, 5.41) is 22.5. The summed E-state index contributed by atoms with van der Waals surface area (Å²) in [6.07, 6.45) is -0.409. The molecular formula is C27H27N3O9S. The molecule has 40 heavy (non-hydrogen) atoms. The smallest absolute Gasteiger partial charge is 0.262 e. The van der Waals surface area contributed by atoms with Crippen molar-refractivity contribution in [2.24, 2.45) is 29.4 Å². The Morgan fingerprint density at radius 3 is 2.33 bits per heavy atom. The number of hydrogen-bond acceptors (Lipinski definition) is 10. The summed E-state index contributed by atoms with van der Waals surface area (Å²) < 4.78 is 28.3. The summed E-state index contributed by atoms with van der Waals surface area (Å²) in [4.78, 5) is 66.5. The van der Waals surface area contributed by atoms with E-state index >= 15 is 0 Å². The zero-order chi connectivity index (χ0) is 29.3. The summed E-state index contributed by atoms with van der Waals surface area (Å²) in [6.45, 7) is 0. The van der Waals surface area contributed by atoms with Gasteiger partial charge < -0.3 is 20.8 Å². The number of carbonyl (C=O) groups excluding carboxylic acids is 5. The molecule has 1 amide bonds. The molecule has 2 unspecified atom stereocenters. The molecule has 0 radical (unpaired) electrons. The number of fused-ring (bicyclic) bond motifs is 3. The third-order valence-electron chi connectivity index (χ3n) is 8.16. The van der Waals surface area contributed by atoms with Gasteiger partial charge in [0.05, 0.1) is 22.1 Å². The highest BCUT2D eigenvalue weighted by Crippen LogP contribution is 2.52. The zero-order valence-corrected chi connectivity index (χ0v) is 22.4. The van der Waals surface area contributed by atoms with Gasteiger partial charge in [-0.3, -0.25) is 28.7 Å². The number of sulfonamides is 1. The standard InChI is InChI=1S/C27H27N3O9S/c1-30(2)17-11-16(29-40(38,39)14-6-4-3-5-7-14)22(32)20-15(17)9-12-8-13-10-18(31)21(26(28)36)25(35)27(13,37)24(34)19(12)23(20)33/h3-7,11-13,19,21,29,32,37H,8-10H2,1-2H3,(H2,28,36)/t12-,13+,19?,21?,27+/m1/s1. The molecular weight excluding hydrogens is 542 g/mol. The Kier molecular flexibility index (Phi) is 6.34. The molecule has 0 saturated heterocycles. The lowest BCUT2D eigenvalue weighted by atomic mass is 9.53. The molecule has 12 nitrogen and oxygen atoms in total. The van der Waals surface area contributed by atoms with Gasteiger partial charge in [-0.15, -0.1) is 0 Å². The van der Waals surface area contributed by atoms with E-state index in [0.717, 1.165) is 0 Å². The van der Waals surface area contributed by atoms with Crippen molar-refractivity contribution in [2.75, 3.05) is 23.7 Å². The molecule has 0 heterocycles. The van der Waals surface area contributed by atoms with Gasteiger partial charge in [-0.25, -0.2) is 8.42 Å². The third kappa shape index (κ3) is 3.91. The van der Waals surface area contributed by atoms with Crippen LogP contribution in [-0.4, -0.2) is 67.4 Å². The van der Waals surface area contributed by atoms with Gasteiger partial charge in [-0.2, -0.15) is 0 Å². The molecule has 2 saturated carbocycles. The number of nitrogens with one attached hydrogen (secondary N) is 1. The number of phenols is 1. The molecule has 2 aromatic rings. The maximum Gasteiger partial charge on any atom is 0.262 e. The number of amides is 1. The minimum absolute atomic E-state index is 0.0446. The number of carbonyl (C=O) groups is 5. The zero-order valence-electron chi connectivity index (χ0n) is 21.6. The van der Waals surface area contributed by atoms with Crippen molar-refractivity contribution in [3.8, 4) is 5.75 Å². The summed E-state index contributed by atoms with van der Waals surface area (Å²) in [6, 6.07) is 8.76. The second kappa shape index (κ2) is 9.24. The molecule has 3 aliphatic carbocycles. The Morgan fingerprint density at radius 1 is 1.07 bits per heavy atom. The molecule has 3 aliphatic rings. The number of nitrogens with two attached hydrogens (primary N) is 1. The van der Waals surface area contributed by atoms with Crippen LogP contribution in [0, 0.1) is 23.7 Å². The van der Waals surface area contributed by atoms with E-state index in [1.165, 1.54) is 30.3 Å². The average Bonchev–Trinajstić information content (AvgIpc) is 2.87. The molecule has 2 aromatic carbocycles. The maximum atomic E-state index is 13.9. The second-order valence-corrected chi connectivity index (χ2v) is 12.4. The van der Waals surface area contributed by atoms with Crippen LogP contribution in [0.5, 0.6) is 5.75 Å². The van der Waals surface area contributed by atoms with Crippen molar-refractivity contribution in [2.45, 2.75) is 29.8 Å². The fraction of sp³-hybridized carbons (Fsp3) is 0.370. The number of benzene rings is 2. The van der Waals surface area contributed by atoms with Crippen LogP contribution < -0.4 is 15.4 Å². The van der Waals surface area contributed by atoms with Crippen molar-refractivity contribution in [3.05, 3.63) is 47.5 Å². The van der Waals surface area contributed by atoms with E-state index in [1.54, 1.807) is 25.1 Å². The first-order valence-electron chi connectivity index (χ1n) is 12.5. The number of hydrogen-bond donors (Lipinski definition) is 4. The number of rotatable bonds is 5. The first-order valence-corrected chi connectivity index (χ1v) is 14.0. The van der Waals surface area contributed by atoms with Crippen LogP contribution in [0.25, 0.3) is 0 Å². The topological polar surface area (TPSA) is 201 Å². The molecule has 210 valence electrons. The van der Waals surface area contributed by atoms with Gasteiger partial charge in [-0.05, 0) is 42.5 Å². The Bertz CT molecular complexity index is 1600. The number of Topliss-reactive ketones (excluding diaryl/α,β-unsaturated/α-hetero) is 4. The van der Waals surface area contributed by atoms with E-state index in [0.29, 0.717) is 11.3 Å². The molecule has 0 aromatic heterocycles. The summed E-state index contributed by atoms with van der Waals surface area (Å²) in [5.41, 5.74) is 2.60. The Morgan fingerprint density at radius 2 is 1.73 bits per heavy atom. The lowest BCUT2D eigenvalue weighted by Crippen LogP contribution is -2.68. The number of nitrogens with zero attached hydrogens (tertiary/aromatic N) is 1. The Balaban J connectivity index is 1.61. The van der Waals surface area contributed by atoms with Crippen LogP contribution in [0.2, 0.25) is 0 Å². The number of ketones is 4. The first kappa shape index (κ1) is 27.5. The molecule has 5 N–H and O–H groups in total. The van der Waals surface area contributed by atoms with Crippen molar-refractivity contribution < 1.29 is 42.6 Å². The normalized spacial score (nSPS) is 27.9. The highest BCUT2D eigenvalue weighted by Gasteiger charge is 2.66. The van der Waals surface area contributed by atoms with Crippen LogP contribution >= 0.6 is 0 Å². The SMILES string of the molecule is CN(C)c1cc(NS(=O)(=O)c2ccccc2)c(O)c2c1C[C@H]1C[C@H]3CC(=O)C(C(N)=O)C(=O)[C@@]3(O)C(=O)C1C2=O. The number of aliphatic hydroxyl groups is 1. The van der Waals surface area contributed by atoms with Crippen molar-refractivity contribution >= 4 is 50.4 Å². The molecule has 0 bridgehead atoms. The van der Waals surface area contributed by atoms with Crippen LogP contribution in [0.1, 0.15) is 28.8 Å². The first-order chi connectivity index (χ1) is 18.7. The van der Waals surface area contributed by atoms with Gasteiger partial charge in [0.15, 0.2) is 40.4 Å². The molecule has 0 spiro atoms. The van der Waals surface area contributed by atoms with Crippen molar-refractivity contribution in [3.63, 3.8) is 0 Å². The minimum atomic E-state index is -4.18. The van der Waals surface area contributed by atoms with Gasteiger partial charge in [0, 0.05) is 32.1 Å². The number of primary amides is 1. The lowest BCUT2D eigenvalue weighted by molar-refractivity contribution is -0.175. The summed E-state index contributed by atoms with van der Waals surface area (Å²) in [5.74, 6) is -11.6. The fourth-order valence-electron chi connectivity index (χ4n) is 6.29. The number of aromatic hydroxyl groups is 1. The van der Waals surface area contributed by atoms with Gasteiger partial charge >= 0.3 is 0 Å². The number of phenolic OH excluding ortho intramolecular Hbond substituents is 1. The van der Waals surface area contributed by atoms with E-state index in [2.05, 4.69) is 4.72 Å². The van der Waals surface area contributed by atoms with E-state index in [9.17, 15) is 42.6 Å². The molecule has 5 atom stereocenters. The molecule has 13 heteroatoms. The summed E-state index contributed by atoms with van der Waals surface area (Å²) >= 11 is 0.